The lowest BCUT2D eigenvalue weighted by molar-refractivity contribution is -0.161. The van der Waals surface area contributed by atoms with Crippen LogP contribution in [0.25, 0.3) is 0 Å². The summed E-state index contributed by atoms with van der Waals surface area (Å²) in [4.78, 5) is 73.1. The summed E-state index contributed by atoms with van der Waals surface area (Å²) in [6.07, 6.45) is 59.8. The number of phosphoric acid groups is 2. The fraction of sp³-hybridized carbons (Fsp3) is 0.952. The number of aliphatic hydroxyl groups excluding tert-OH is 1. The van der Waals surface area contributed by atoms with Gasteiger partial charge in [-0.15, -0.1) is 0 Å². The zero-order valence-corrected chi connectivity index (χ0v) is 69.0. The molecule has 0 aromatic rings. The number of hydrogen-bond acceptors (Lipinski definition) is 15. The van der Waals surface area contributed by atoms with Crippen molar-refractivity contribution in [2.24, 2.45) is 23.7 Å². The average molecular weight is 1490 g/mol. The van der Waals surface area contributed by atoms with Gasteiger partial charge in [0.25, 0.3) is 0 Å². The summed E-state index contributed by atoms with van der Waals surface area (Å²) in [6.45, 7) is 14.3. The van der Waals surface area contributed by atoms with Crippen molar-refractivity contribution in [1.82, 2.24) is 0 Å². The van der Waals surface area contributed by atoms with E-state index in [9.17, 15) is 43.2 Å². The van der Waals surface area contributed by atoms with Crippen LogP contribution in [0.2, 0.25) is 0 Å². The summed E-state index contributed by atoms with van der Waals surface area (Å²) in [7, 11) is -9.92. The highest BCUT2D eigenvalue weighted by atomic mass is 31.2. The Labute approximate surface area is 626 Å². The summed E-state index contributed by atoms with van der Waals surface area (Å²) in [5, 5.41) is 10.6. The Morgan fingerprint density at radius 3 is 0.608 bits per heavy atom. The van der Waals surface area contributed by atoms with E-state index < -0.39 is 97.5 Å². The third-order valence-electron chi connectivity index (χ3n) is 19.3. The molecule has 0 saturated carbocycles. The van der Waals surface area contributed by atoms with E-state index in [0.717, 1.165) is 114 Å². The molecule has 0 aromatic carbocycles. The molecule has 0 rings (SSSR count). The second kappa shape index (κ2) is 72.0. The second-order valence-electron chi connectivity index (χ2n) is 31.8. The van der Waals surface area contributed by atoms with Crippen LogP contribution in [0.1, 0.15) is 428 Å². The maximum atomic E-state index is 13.1. The Hall–Kier alpha value is -1.94. The van der Waals surface area contributed by atoms with Gasteiger partial charge in [0, 0.05) is 25.7 Å². The standard InChI is InChI=1S/C83H162O17P2/c1-73(2)59-51-43-35-28-22-17-13-11-9-10-12-14-19-25-31-39-47-55-63-80(85)93-69-78(99-82(87)65-57-49-40-32-26-20-16-15-18-23-29-36-44-52-60-74(3)4)71-97-101(89,90)95-67-77(84)68-96-102(91,92)98-72-79(70-94-81(86)64-56-48-42-34-38-46-54-62-76(7)8)100-83(88)66-58-50-41-33-27-21-24-30-37-45-53-61-75(5)6/h73-79,84H,9-72H2,1-8H3,(H,89,90)(H,91,92)/t77?,78-,79-/m1/s1. The van der Waals surface area contributed by atoms with E-state index >= 15 is 0 Å². The Balaban J connectivity index is 5.22. The Morgan fingerprint density at radius 2 is 0.412 bits per heavy atom. The minimum Gasteiger partial charge on any atom is -0.462 e. The smallest absolute Gasteiger partial charge is 0.462 e. The quantitative estimate of drug-likeness (QED) is 0.0222. The molecular formula is C83H162O17P2. The zero-order chi connectivity index (χ0) is 75.3. The number of carbonyl (C=O) groups excluding carboxylic acids is 4. The monoisotopic (exact) mass is 1490 g/mol. The number of phosphoric ester groups is 2. The number of esters is 4. The van der Waals surface area contributed by atoms with Crippen LogP contribution in [0.3, 0.4) is 0 Å². The Morgan fingerprint density at radius 1 is 0.245 bits per heavy atom. The SMILES string of the molecule is CC(C)CCCCCCCCCCCCCCCCCCCCC(=O)OC[C@H](COP(=O)(O)OCC(O)COP(=O)(O)OC[C@@H](COC(=O)CCCCCCCCCC(C)C)OC(=O)CCCCCCCCCCCCCC(C)C)OC(=O)CCCCCCCCCCCCCCCCC(C)C. The molecule has 0 spiro atoms. The minimum atomic E-state index is -4.96. The van der Waals surface area contributed by atoms with Crippen LogP contribution >= 0.6 is 15.6 Å². The van der Waals surface area contributed by atoms with E-state index in [2.05, 4.69) is 55.4 Å². The Bertz CT molecular complexity index is 1990. The lowest BCUT2D eigenvalue weighted by Gasteiger charge is -2.21. The van der Waals surface area contributed by atoms with Crippen molar-refractivity contribution in [2.75, 3.05) is 39.6 Å². The van der Waals surface area contributed by atoms with Gasteiger partial charge in [-0.05, 0) is 49.4 Å². The van der Waals surface area contributed by atoms with Gasteiger partial charge in [-0.1, -0.05) is 376 Å². The molecule has 3 N–H and O–H groups in total. The topological polar surface area (TPSA) is 237 Å². The maximum absolute atomic E-state index is 13.1. The highest BCUT2D eigenvalue weighted by Gasteiger charge is 2.30. The van der Waals surface area contributed by atoms with Gasteiger partial charge in [0.2, 0.25) is 0 Å². The predicted octanol–water partition coefficient (Wildman–Crippen LogP) is 24.8. The molecule has 3 unspecified atom stereocenters. The van der Waals surface area contributed by atoms with E-state index in [1.165, 1.54) is 225 Å². The summed E-state index contributed by atoms with van der Waals surface area (Å²) in [5.74, 6) is 0.976. The first-order valence-electron chi connectivity index (χ1n) is 42.7. The maximum Gasteiger partial charge on any atom is 0.472 e. The van der Waals surface area contributed by atoms with Crippen LogP contribution in [0.5, 0.6) is 0 Å². The lowest BCUT2D eigenvalue weighted by atomic mass is 10.0. The number of carbonyl (C=O) groups is 4. The Kier molecular flexibility index (Phi) is 70.6. The van der Waals surface area contributed by atoms with Crippen LogP contribution in [-0.2, 0) is 65.4 Å². The van der Waals surface area contributed by atoms with Gasteiger partial charge in [-0.2, -0.15) is 0 Å². The first kappa shape index (κ1) is 100. The number of unbranched alkanes of at least 4 members (excludes halogenated alkanes) is 46. The number of rotatable bonds is 80. The molecule has 19 heteroatoms. The third-order valence-corrected chi connectivity index (χ3v) is 21.2. The molecule has 0 bridgehead atoms. The average Bonchev–Trinajstić information content (AvgIpc) is 0.910. The molecule has 0 amide bonds. The molecule has 5 atom stereocenters. The van der Waals surface area contributed by atoms with Gasteiger partial charge in [0.1, 0.15) is 19.3 Å². The van der Waals surface area contributed by atoms with Crippen molar-refractivity contribution >= 4 is 39.5 Å². The van der Waals surface area contributed by atoms with Gasteiger partial charge in [-0.25, -0.2) is 9.13 Å². The van der Waals surface area contributed by atoms with Crippen molar-refractivity contribution in [1.29, 1.82) is 0 Å². The van der Waals surface area contributed by atoms with E-state index in [1.807, 2.05) is 0 Å². The van der Waals surface area contributed by atoms with Gasteiger partial charge < -0.3 is 33.8 Å². The number of hydrogen-bond donors (Lipinski definition) is 3. The third kappa shape index (κ3) is 76.3. The summed E-state index contributed by atoms with van der Waals surface area (Å²) in [6, 6.07) is 0. The van der Waals surface area contributed by atoms with Crippen LogP contribution in [0.4, 0.5) is 0 Å². The molecule has 102 heavy (non-hydrogen) atoms. The van der Waals surface area contributed by atoms with Gasteiger partial charge in [0.15, 0.2) is 12.2 Å². The van der Waals surface area contributed by atoms with Gasteiger partial charge >= 0.3 is 39.5 Å². The molecular weight excluding hydrogens is 1330 g/mol. The number of ether oxygens (including phenoxy) is 4. The van der Waals surface area contributed by atoms with Crippen molar-refractivity contribution in [3.63, 3.8) is 0 Å². The first-order valence-corrected chi connectivity index (χ1v) is 45.7. The second-order valence-corrected chi connectivity index (χ2v) is 34.7. The van der Waals surface area contributed by atoms with E-state index in [4.69, 9.17) is 37.0 Å². The molecule has 0 saturated heterocycles. The van der Waals surface area contributed by atoms with E-state index in [0.29, 0.717) is 31.6 Å². The van der Waals surface area contributed by atoms with Crippen LogP contribution in [0.15, 0.2) is 0 Å². The van der Waals surface area contributed by atoms with Crippen molar-refractivity contribution in [3.05, 3.63) is 0 Å². The summed E-state index contributed by atoms with van der Waals surface area (Å²) >= 11 is 0. The fourth-order valence-electron chi connectivity index (χ4n) is 12.8. The number of aliphatic hydroxyl groups is 1. The fourth-order valence-corrected chi connectivity index (χ4v) is 14.4. The normalized spacial score (nSPS) is 14.0. The van der Waals surface area contributed by atoms with Crippen molar-refractivity contribution < 1.29 is 80.2 Å². The molecule has 0 aliphatic heterocycles. The van der Waals surface area contributed by atoms with Crippen LogP contribution in [-0.4, -0.2) is 96.7 Å². The molecule has 0 fully saturated rings. The first-order chi connectivity index (χ1) is 49.1. The van der Waals surface area contributed by atoms with Crippen molar-refractivity contribution in [2.45, 2.75) is 446 Å². The molecule has 0 aliphatic rings. The van der Waals surface area contributed by atoms with E-state index in [1.54, 1.807) is 0 Å². The largest absolute Gasteiger partial charge is 0.472 e. The summed E-state index contributed by atoms with van der Waals surface area (Å²) < 4.78 is 68.8. The minimum absolute atomic E-state index is 0.105. The van der Waals surface area contributed by atoms with Crippen LogP contribution < -0.4 is 0 Å². The molecule has 606 valence electrons. The lowest BCUT2D eigenvalue weighted by Crippen LogP contribution is -2.30. The molecule has 0 aromatic heterocycles. The van der Waals surface area contributed by atoms with Crippen molar-refractivity contribution in [3.8, 4) is 0 Å². The molecule has 0 heterocycles. The van der Waals surface area contributed by atoms with Gasteiger partial charge in [-0.3, -0.25) is 37.3 Å². The molecule has 0 radical (unpaired) electrons. The van der Waals surface area contributed by atoms with Gasteiger partial charge in [0.05, 0.1) is 26.4 Å². The molecule has 17 nitrogen and oxygen atoms in total. The zero-order valence-electron chi connectivity index (χ0n) is 67.2. The summed E-state index contributed by atoms with van der Waals surface area (Å²) in [5.41, 5.74) is 0. The van der Waals surface area contributed by atoms with Crippen LogP contribution in [0, 0.1) is 23.7 Å². The highest BCUT2D eigenvalue weighted by molar-refractivity contribution is 7.47. The van der Waals surface area contributed by atoms with E-state index in [-0.39, 0.29) is 25.7 Å². The molecule has 0 aliphatic carbocycles. The predicted molar refractivity (Wildman–Crippen MR) is 418 cm³/mol. The highest BCUT2D eigenvalue weighted by Crippen LogP contribution is 2.45.